The Bertz CT molecular complexity index is 328. The van der Waals surface area contributed by atoms with Crippen molar-refractivity contribution in [3.05, 3.63) is 0 Å². The Morgan fingerprint density at radius 1 is 1.38 bits per heavy atom. The van der Waals surface area contributed by atoms with Crippen molar-refractivity contribution < 1.29 is 14.7 Å². The van der Waals surface area contributed by atoms with Gasteiger partial charge in [0, 0.05) is 38.6 Å². The van der Waals surface area contributed by atoms with Gasteiger partial charge in [-0.05, 0) is 38.1 Å². The molecule has 2 amide bonds. The van der Waals surface area contributed by atoms with Crippen molar-refractivity contribution in [1.82, 2.24) is 10.2 Å². The lowest BCUT2D eigenvalue weighted by Gasteiger charge is -2.31. The van der Waals surface area contributed by atoms with Crippen molar-refractivity contribution in [3.63, 3.8) is 0 Å². The lowest BCUT2D eigenvalue weighted by atomic mass is 9.95. The second-order valence-electron chi connectivity index (χ2n) is 5.90. The van der Waals surface area contributed by atoms with Crippen LogP contribution < -0.4 is 11.1 Å². The van der Waals surface area contributed by atoms with Crippen LogP contribution in [0.25, 0.3) is 0 Å². The van der Waals surface area contributed by atoms with Gasteiger partial charge in [-0.2, -0.15) is 0 Å². The predicted octanol–water partition coefficient (Wildman–Crippen LogP) is 0.0986. The number of nitrogens with two attached hydrogens (primary N) is 1. The summed E-state index contributed by atoms with van der Waals surface area (Å²) in [5, 5.41) is 11.5. The van der Waals surface area contributed by atoms with Gasteiger partial charge in [0.2, 0.25) is 11.8 Å². The van der Waals surface area contributed by atoms with E-state index in [1.165, 1.54) is 0 Å². The first-order valence-electron chi connectivity index (χ1n) is 7.94. The van der Waals surface area contributed by atoms with E-state index in [1.54, 1.807) is 0 Å². The molecule has 0 spiro atoms. The smallest absolute Gasteiger partial charge is 0.223 e. The van der Waals surface area contributed by atoms with Crippen LogP contribution in [0.1, 0.15) is 39.0 Å². The maximum Gasteiger partial charge on any atom is 0.223 e. The van der Waals surface area contributed by atoms with E-state index >= 15 is 0 Å². The zero-order valence-electron chi connectivity index (χ0n) is 13.0. The van der Waals surface area contributed by atoms with Crippen LogP contribution in [-0.4, -0.2) is 54.6 Å². The van der Waals surface area contributed by atoms with Crippen molar-refractivity contribution in [2.75, 3.05) is 32.8 Å². The molecule has 1 saturated heterocycles. The fourth-order valence-corrected chi connectivity index (χ4v) is 2.47. The fourth-order valence-electron chi connectivity index (χ4n) is 2.47. The molecular weight excluding hydrogens is 270 g/mol. The van der Waals surface area contributed by atoms with Crippen LogP contribution in [0.2, 0.25) is 0 Å². The van der Waals surface area contributed by atoms with Crippen molar-refractivity contribution in [2.24, 2.45) is 17.6 Å². The summed E-state index contributed by atoms with van der Waals surface area (Å²) >= 11 is 0. The Hall–Kier alpha value is -1.14. The van der Waals surface area contributed by atoms with Crippen LogP contribution in [0.3, 0.4) is 0 Å². The largest absolute Gasteiger partial charge is 0.396 e. The van der Waals surface area contributed by atoms with Crippen LogP contribution in [0, 0.1) is 11.8 Å². The number of amides is 2. The molecule has 1 fully saturated rings. The molecule has 0 bridgehead atoms. The van der Waals surface area contributed by atoms with E-state index in [0.29, 0.717) is 44.9 Å². The molecular formula is C15H29N3O3. The van der Waals surface area contributed by atoms with Crippen LogP contribution in [-0.2, 0) is 9.59 Å². The van der Waals surface area contributed by atoms with Gasteiger partial charge in [-0.3, -0.25) is 9.59 Å². The summed E-state index contributed by atoms with van der Waals surface area (Å²) in [6, 6.07) is 0. The predicted molar refractivity (Wildman–Crippen MR) is 81.5 cm³/mol. The molecule has 6 heteroatoms. The SMILES string of the molecule is CC(CN)CCC(=O)N1CCC(C(=O)NCCCO)CC1. The normalized spacial score (nSPS) is 17.6. The molecule has 0 aliphatic carbocycles. The number of hydrogen-bond donors (Lipinski definition) is 3. The highest BCUT2D eigenvalue weighted by Crippen LogP contribution is 2.19. The topological polar surface area (TPSA) is 95.7 Å². The molecule has 1 aliphatic rings. The zero-order valence-corrected chi connectivity index (χ0v) is 13.0. The molecule has 1 heterocycles. The van der Waals surface area contributed by atoms with Gasteiger partial charge in [-0.15, -0.1) is 0 Å². The molecule has 0 saturated carbocycles. The third kappa shape index (κ3) is 6.44. The number of carbonyl (C=O) groups excluding carboxylic acids is 2. The molecule has 6 nitrogen and oxygen atoms in total. The number of nitrogens with one attached hydrogen (secondary N) is 1. The van der Waals surface area contributed by atoms with Gasteiger partial charge >= 0.3 is 0 Å². The number of rotatable bonds is 8. The Morgan fingerprint density at radius 3 is 2.62 bits per heavy atom. The lowest BCUT2D eigenvalue weighted by molar-refractivity contribution is -0.135. The van der Waals surface area contributed by atoms with Crippen molar-refractivity contribution in [3.8, 4) is 0 Å². The van der Waals surface area contributed by atoms with Crippen LogP contribution >= 0.6 is 0 Å². The maximum atomic E-state index is 12.1. The molecule has 21 heavy (non-hydrogen) atoms. The highest BCUT2D eigenvalue weighted by Gasteiger charge is 2.26. The van der Waals surface area contributed by atoms with Gasteiger partial charge in [0.05, 0.1) is 0 Å². The molecule has 1 unspecified atom stereocenters. The summed E-state index contributed by atoms with van der Waals surface area (Å²) in [7, 11) is 0. The highest BCUT2D eigenvalue weighted by atomic mass is 16.3. The average molecular weight is 299 g/mol. The molecule has 4 N–H and O–H groups in total. The summed E-state index contributed by atoms with van der Waals surface area (Å²) in [5.74, 6) is 0.598. The summed E-state index contributed by atoms with van der Waals surface area (Å²) in [6.07, 6.45) is 3.41. The number of hydrogen-bond acceptors (Lipinski definition) is 4. The quantitative estimate of drug-likeness (QED) is 0.554. The molecule has 122 valence electrons. The molecule has 0 aromatic heterocycles. The Kier molecular flexibility index (Phi) is 8.30. The standard InChI is InChI=1S/C15H29N3O3/c1-12(11-16)3-4-14(20)18-8-5-13(6-9-18)15(21)17-7-2-10-19/h12-13,19H,2-11,16H2,1H3,(H,17,21). The third-order valence-electron chi connectivity index (χ3n) is 4.11. The number of aliphatic hydroxyl groups excluding tert-OH is 1. The molecule has 1 atom stereocenters. The number of nitrogens with zero attached hydrogens (tertiary/aromatic N) is 1. The van der Waals surface area contributed by atoms with E-state index in [0.717, 1.165) is 19.3 Å². The van der Waals surface area contributed by atoms with E-state index in [9.17, 15) is 9.59 Å². The van der Waals surface area contributed by atoms with E-state index < -0.39 is 0 Å². The van der Waals surface area contributed by atoms with Crippen molar-refractivity contribution >= 4 is 11.8 Å². The van der Waals surface area contributed by atoms with E-state index in [-0.39, 0.29) is 24.3 Å². The van der Waals surface area contributed by atoms with Gasteiger partial charge in [0.25, 0.3) is 0 Å². The summed E-state index contributed by atoms with van der Waals surface area (Å²) in [5.41, 5.74) is 5.55. The number of carbonyl (C=O) groups is 2. The second kappa shape index (κ2) is 9.73. The minimum atomic E-state index is -0.00397. The Labute approximate surface area is 127 Å². The van der Waals surface area contributed by atoms with Gasteiger partial charge in [-0.25, -0.2) is 0 Å². The van der Waals surface area contributed by atoms with E-state index in [4.69, 9.17) is 10.8 Å². The summed E-state index contributed by atoms with van der Waals surface area (Å²) in [6.45, 7) is 4.60. The average Bonchev–Trinajstić information content (AvgIpc) is 2.52. The van der Waals surface area contributed by atoms with Gasteiger partial charge in [-0.1, -0.05) is 6.92 Å². The first-order chi connectivity index (χ1) is 10.1. The fraction of sp³-hybridized carbons (Fsp3) is 0.867. The van der Waals surface area contributed by atoms with Gasteiger partial charge in [0.1, 0.15) is 0 Å². The van der Waals surface area contributed by atoms with Crippen LogP contribution in [0.5, 0.6) is 0 Å². The first-order valence-corrected chi connectivity index (χ1v) is 7.94. The number of likely N-dealkylation sites (tertiary alicyclic amines) is 1. The lowest BCUT2D eigenvalue weighted by Crippen LogP contribution is -2.43. The molecule has 1 rings (SSSR count). The van der Waals surface area contributed by atoms with Crippen LogP contribution in [0.4, 0.5) is 0 Å². The second-order valence-corrected chi connectivity index (χ2v) is 5.90. The highest BCUT2D eigenvalue weighted by molar-refractivity contribution is 5.80. The maximum absolute atomic E-state index is 12.1. The Balaban J connectivity index is 2.24. The molecule has 0 aromatic carbocycles. The third-order valence-corrected chi connectivity index (χ3v) is 4.11. The molecule has 0 aromatic rings. The summed E-state index contributed by atoms with van der Waals surface area (Å²) < 4.78 is 0. The van der Waals surface area contributed by atoms with E-state index in [1.807, 2.05) is 4.90 Å². The minimum Gasteiger partial charge on any atom is -0.396 e. The Morgan fingerprint density at radius 2 is 2.05 bits per heavy atom. The summed E-state index contributed by atoms with van der Waals surface area (Å²) in [4.78, 5) is 25.8. The van der Waals surface area contributed by atoms with Crippen molar-refractivity contribution in [1.29, 1.82) is 0 Å². The van der Waals surface area contributed by atoms with Gasteiger partial charge in [0.15, 0.2) is 0 Å². The monoisotopic (exact) mass is 299 g/mol. The molecule has 1 aliphatic heterocycles. The van der Waals surface area contributed by atoms with E-state index in [2.05, 4.69) is 12.2 Å². The minimum absolute atomic E-state index is 0.00397. The number of aliphatic hydroxyl groups is 1. The molecule has 0 radical (unpaired) electrons. The first kappa shape index (κ1) is 17.9. The van der Waals surface area contributed by atoms with Gasteiger partial charge < -0.3 is 21.1 Å². The van der Waals surface area contributed by atoms with Crippen molar-refractivity contribution in [2.45, 2.75) is 39.0 Å². The van der Waals surface area contributed by atoms with Crippen LogP contribution in [0.15, 0.2) is 0 Å². The zero-order chi connectivity index (χ0) is 15.7. The number of piperidine rings is 1.